The molecular weight excluding hydrogens is 200 g/mol. The molecule has 0 amide bonds. The van der Waals surface area contributed by atoms with Gasteiger partial charge < -0.3 is 10.1 Å². The van der Waals surface area contributed by atoms with Crippen LogP contribution in [-0.4, -0.2) is 36.5 Å². The molecule has 0 aromatic heterocycles. The molecule has 0 radical (unpaired) electrons. The summed E-state index contributed by atoms with van der Waals surface area (Å²) in [5, 5.41) is 12.8. The van der Waals surface area contributed by atoms with Crippen LogP contribution < -0.4 is 0 Å². The number of hydrogen-bond acceptors (Lipinski definition) is 3. The van der Waals surface area contributed by atoms with Crippen LogP contribution in [0.15, 0.2) is 29.4 Å². The third-order valence-electron chi connectivity index (χ3n) is 1.76. The van der Waals surface area contributed by atoms with E-state index in [4.69, 9.17) is 16.8 Å². The molecule has 0 heterocycles. The van der Waals surface area contributed by atoms with E-state index in [-0.39, 0.29) is 0 Å². The van der Waals surface area contributed by atoms with Crippen molar-refractivity contribution in [3.8, 4) is 0 Å². The van der Waals surface area contributed by atoms with Crippen LogP contribution in [0.3, 0.4) is 0 Å². The predicted octanol–water partition coefficient (Wildman–Crippen LogP) is 2.08. The predicted molar refractivity (Wildman–Crippen MR) is 58.3 cm³/mol. The minimum Gasteiger partial charge on any atom is -0.411 e. The van der Waals surface area contributed by atoms with Gasteiger partial charge in [-0.2, -0.15) is 0 Å². The van der Waals surface area contributed by atoms with Crippen molar-refractivity contribution in [1.82, 2.24) is 4.90 Å². The fraction of sp³-hybridized carbons (Fsp3) is 0.300. The van der Waals surface area contributed by atoms with E-state index in [1.165, 1.54) is 0 Å². The van der Waals surface area contributed by atoms with Crippen molar-refractivity contribution >= 4 is 17.3 Å². The molecule has 0 aliphatic carbocycles. The fourth-order valence-electron chi connectivity index (χ4n) is 1.12. The van der Waals surface area contributed by atoms with Gasteiger partial charge in [-0.1, -0.05) is 28.9 Å². The molecule has 1 aromatic rings. The smallest absolute Gasteiger partial charge is 0.101 e. The second-order valence-electron chi connectivity index (χ2n) is 3.29. The number of benzene rings is 1. The summed E-state index contributed by atoms with van der Waals surface area (Å²) in [4.78, 5) is 1.93. The number of halogens is 1. The summed E-state index contributed by atoms with van der Waals surface area (Å²) in [5.41, 5.74) is 1.51. The zero-order chi connectivity index (χ0) is 10.6. The lowest BCUT2D eigenvalue weighted by molar-refractivity contribution is 0.315. The van der Waals surface area contributed by atoms with Crippen LogP contribution >= 0.6 is 11.6 Å². The van der Waals surface area contributed by atoms with E-state index in [2.05, 4.69) is 5.16 Å². The molecule has 0 saturated carbocycles. The van der Waals surface area contributed by atoms with Gasteiger partial charge in [0.05, 0.1) is 0 Å². The quantitative estimate of drug-likeness (QED) is 0.473. The SMILES string of the molecule is CN(C)C/C(=N/O)c1ccc(Cl)cc1. The van der Waals surface area contributed by atoms with Gasteiger partial charge >= 0.3 is 0 Å². The van der Waals surface area contributed by atoms with E-state index in [9.17, 15) is 0 Å². The van der Waals surface area contributed by atoms with E-state index >= 15 is 0 Å². The highest BCUT2D eigenvalue weighted by molar-refractivity contribution is 6.30. The standard InChI is InChI=1S/C10H13ClN2O/c1-13(2)7-10(12-14)8-3-5-9(11)6-4-8/h3-6,14H,7H2,1-2H3/b12-10-. The summed E-state index contributed by atoms with van der Waals surface area (Å²) in [6.07, 6.45) is 0. The summed E-state index contributed by atoms with van der Waals surface area (Å²) in [6.45, 7) is 0.595. The molecule has 0 aliphatic rings. The minimum absolute atomic E-state index is 0.595. The van der Waals surface area contributed by atoms with Crippen molar-refractivity contribution in [2.45, 2.75) is 0 Å². The largest absolute Gasteiger partial charge is 0.411 e. The first-order chi connectivity index (χ1) is 6.63. The van der Waals surface area contributed by atoms with Crippen LogP contribution in [0.25, 0.3) is 0 Å². The van der Waals surface area contributed by atoms with Crippen molar-refractivity contribution in [3.05, 3.63) is 34.9 Å². The van der Waals surface area contributed by atoms with Gasteiger partial charge in [0, 0.05) is 17.1 Å². The molecular formula is C10H13ClN2O. The maximum absolute atomic E-state index is 8.83. The van der Waals surface area contributed by atoms with Crippen molar-refractivity contribution in [2.24, 2.45) is 5.16 Å². The maximum Gasteiger partial charge on any atom is 0.101 e. The molecule has 0 atom stereocenters. The van der Waals surface area contributed by atoms with Crippen LogP contribution in [0.5, 0.6) is 0 Å². The Morgan fingerprint density at radius 3 is 2.36 bits per heavy atom. The van der Waals surface area contributed by atoms with Crippen molar-refractivity contribution < 1.29 is 5.21 Å². The summed E-state index contributed by atoms with van der Waals surface area (Å²) >= 11 is 5.75. The Hall–Kier alpha value is -1.06. The lowest BCUT2D eigenvalue weighted by Crippen LogP contribution is -2.22. The Bertz CT molecular complexity index is 319. The minimum atomic E-state index is 0.595. The fourth-order valence-corrected chi connectivity index (χ4v) is 1.25. The van der Waals surface area contributed by atoms with Gasteiger partial charge in [0.25, 0.3) is 0 Å². The van der Waals surface area contributed by atoms with Gasteiger partial charge in [0.1, 0.15) is 5.71 Å². The van der Waals surface area contributed by atoms with Gasteiger partial charge in [-0.05, 0) is 26.2 Å². The molecule has 0 saturated heterocycles. The topological polar surface area (TPSA) is 35.8 Å². The Labute approximate surface area is 88.6 Å². The van der Waals surface area contributed by atoms with E-state index < -0.39 is 0 Å². The molecule has 0 aliphatic heterocycles. The van der Waals surface area contributed by atoms with Crippen LogP contribution in [-0.2, 0) is 0 Å². The normalized spacial score (nSPS) is 12.1. The van der Waals surface area contributed by atoms with Crippen LogP contribution in [0.2, 0.25) is 5.02 Å². The lowest BCUT2D eigenvalue weighted by Gasteiger charge is -2.10. The number of likely N-dealkylation sites (N-methyl/N-ethyl adjacent to an activating group) is 1. The average Bonchev–Trinajstić information content (AvgIpc) is 2.15. The first kappa shape index (κ1) is 11.0. The Morgan fingerprint density at radius 2 is 1.93 bits per heavy atom. The molecule has 0 spiro atoms. The Kier molecular flexibility index (Phi) is 3.92. The lowest BCUT2D eigenvalue weighted by atomic mass is 10.1. The zero-order valence-corrected chi connectivity index (χ0v) is 8.99. The summed E-state index contributed by atoms with van der Waals surface area (Å²) in [7, 11) is 3.84. The molecule has 0 fully saturated rings. The Morgan fingerprint density at radius 1 is 1.36 bits per heavy atom. The van der Waals surface area contributed by atoms with Gasteiger partial charge in [0.15, 0.2) is 0 Å². The van der Waals surface area contributed by atoms with E-state index in [1.807, 2.05) is 31.1 Å². The number of nitrogens with zero attached hydrogens (tertiary/aromatic N) is 2. The Balaban J connectivity index is 2.85. The van der Waals surface area contributed by atoms with Crippen LogP contribution in [0.4, 0.5) is 0 Å². The first-order valence-electron chi connectivity index (χ1n) is 4.25. The maximum atomic E-state index is 8.83. The van der Waals surface area contributed by atoms with Gasteiger partial charge in [-0.3, -0.25) is 0 Å². The third kappa shape index (κ3) is 3.01. The van der Waals surface area contributed by atoms with Crippen LogP contribution in [0, 0.1) is 0 Å². The second-order valence-corrected chi connectivity index (χ2v) is 3.73. The molecule has 76 valence electrons. The molecule has 0 unspecified atom stereocenters. The number of rotatable bonds is 3. The summed E-state index contributed by atoms with van der Waals surface area (Å²) < 4.78 is 0. The number of oxime groups is 1. The average molecular weight is 213 g/mol. The van der Waals surface area contributed by atoms with E-state index in [0.29, 0.717) is 17.3 Å². The van der Waals surface area contributed by atoms with Crippen molar-refractivity contribution in [3.63, 3.8) is 0 Å². The highest BCUT2D eigenvalue weighted by Crippen LogP contribution is 2.10. The summed E-state index contributed by atoms with van der Waals surface area (Å²) in [5.74, 6) is 0. The van der Waals surface area contributed by atoms with Gasteiger partial charge in [0.2, 0.25) is 0 Å². The monoisotopic (exact) mass is 212 g/mol. The highest BCUT2D eigenvalue weighted by Gasteiger charge is 2.05. The highest BCUT2D eigenvalue weighted by atomic mass is 35.5. The molecule has 0 bridgehead atoms. The van der Waals surface area contributed by atoms with Crippen molar-refractivity contribution in [2.75, 3.05) is 20.6 Å². The second kappa shape index (κ2) is 4.98. The third-order valence-corrected chi connectivity index (χ3v) is 2.02. The van der Waals surface area contributed by atoms with E-state index in [1.54, 1.807) is 12.1 Å². The molecule has 1 rings (SSSR count). The molecule has 14 heavy (non-hydrogen) atoms. The van der Waals surface area contributed by atoms with E-state index in [0.717, 1.165) is 5.56 Å². The molecule has 3 nitrogen and oxygen atoms in total. The van der Waals surface area contributed by atoms with Gasteiger partial charge in [-0.25, -0.2) is 0 Å². The molecule has 1 N–H and O–H groups in total. The first-order valence-corrected chi connectivity index (χ1v) is 4.63. The van der Waals surface area contributed by atoms with Gasteiger partial charge in [-0.15, -0.1) is 0 Å². The molecule has 4 heteroatoms. The number of hydrogen-bond donors (Lipinski definition) is 1. The molecule has 1 aromatic carbocycles. The summed E-state index contributed by atoms with van der Waals surface area (Å²) in [6, 6.07) is 7.22. The van der Waals surface area contributed by atoms with Crippen LogP contribution in [0.1, 0.15) is 5.56 Å². The zero-order valence-electron chi connectivity index (χ0n) is 8.24. The van der Waals surface area contributed by atoms with Crippen molar-refractivity contribution in [1.29, 1.82) is 0 Å².